The van der Waals surface area contributed by atoms with E-state index in [0.29, 0.717) is 25.3 Å². The highest BCUT2D eigenvalue weighted by Crippen LogP contribution is 2.37. The van der Waals surface area contributed by atoms with Crippen LogP contribution in [-0.2, 0) is 4.79 Å². The largest absolute Gasteiger partial charge is 0.481 e. The Morgan fingerprint density at radius 3 is 2.77 bits per heavy atom. The van der Waals surface area contributed by atoms with Crippen molar-refractivity contribution in [3.63, 3.8) is 0 Å². The van der Waals surface area contributed by atoms with Crippen molar-refractivity contribution in [1.82, 2.24) is 4.90 Å². The number of ether oxygens (including phenoxy) is 2. The predicted molar refractivity (Wildman–Crippen MR) is 76.8 cm³/mol. The summed E-state index contributed by atoms with van der Waals surface area (Å²) in [6.07, 6.45) is 1.28. The molecule has 0 radical (unpaired) electrons. The van der Waals surface area contributed by atoms with Gasteiger partial charge in [-0.1, -0.05) is 0 Å². The molecule has 1 saturated heterocycles. The Balaban J connectivity index is 1.87. The lowest BCUT2D eigenvalue weighted by molar-refractivity contribution is -0.121. The second-order valence-corrected chi connectivity index (χ2v) is 5.24. The second kappa shape index (κ2) is 5.82. The van der Waals surface area contributed by atoms with Gasteiger partial charge < -0.3 is 19.3 Å². The van der Waals surface area contributed by atoms with Crippen molar-refractivity contribution >= 4 is 17.7 Å². The molecule has 0 bridgehead atoms. The number of carbonyl (C=O) groups excluding carboxylic acids is 2. The zero-order chi connectivity index (χ0) is 15.7. The van der Waals surface area contributed by atoms with Gasteiger partial charge in [0.15, 0.2) is 18.2 Å². The van der Waals surface area contributed by atoms with Crippen LogP contribution in [-0.4, -0.2) is 43.1 Å². The van der Waals surface area contributed by atoms with Gasteiger partial charge in [-0.15, -0.1) is 0 Å². The van der Waals surface area contributed by atoms with Crippen LogP contribution < -0.4 is 14.4 Å². The van der Waals surface area contributed by atoms with Gasteiger partial charge in [-0.2, -0.15) is 0 Å². The predicted octanol–water partition coefficient (Wildman–Crippen LogP) is 2.17. The summed E-state index contributed by atoms with van der Waals surface area (Å²) in [4.78, 5) is 26.8. The molecule has 0 N–H and O–H groups in total. The Morgan fingerprint density at radius 1 is 1.36 bits per heavy atom. The summed E-state index contributed by atoms with van der Waals surface area (Å²) >= 11 is 0. The van der Waals surface area contributed by atoms with Crippen molar-refractivity contribution in [3.8, 4) is 11.5 Å². The number of halogens is 1. The van der Waals surface area contributed by atoms with E-state index in [1.807, 2.05) is 6.92 Å². The molecular weight excluding hydrogens is 291 g/mol. The van der Waals surface area contributed by atoms with E-state index in [1.165, 1.54) is 15.9 Å². The molecule has 0 atom stereocenters. The molecule has 2 amide bonds. The number of likely N-dealkylation sites (N-methyl/N-ethyl adjacent to an activating group) is 1. The fourth-order valence-corrected chi connectivity index (χ4v) is 2.69. The monoisotopic (exact) mass is 308 g/mol. The zero-order valence-electron chi connectivity index (χ0n) is 12.3. The van der Waals surface area contributed by atoms with Crippen molar-refractivity contribution < 1.29 is 23.5 Å². The third kappa shape index (κ3) is 2.58. The Hall–Kier alpha value is -2.31. The minimum atomic E-state index is -0.684. The van der Waals surface area contributed by atoms with E-state index in [9.17, 15) is 14.0 Å². The first-order valence-electron chi connectivity index (χ1n) is 7.33. The topological polar surface area (TPSA) is 59.1 Å². The van der Waals surface area contributed by atoms with E-state index in [4.69, 9.17) is 9.47 Å². The molecule has 0 unspecified atom stereocenters. The molecule has 0 saturated carbocycles. The number of hydrogen-bond acceptors (Lipinski definition) is 4. The van der Waals surface area contributed by atoms with Crippen LogP contribution in [0, 0.1) is 5.82 Å². The molecule has 2 aliphatic heterocycles. The summed E-state index contributed by atoms with van der Waals surface area (Å²) < 4.78 is 24.4. The second-order valence-electron chi connectivity index (χ2n) is 5.24. The van der Waals surface area contributed by atoms with Gasteiger partial charge in [-0.25, -0.2) is 9.18 Å². The highest BCUT2D eigenvalue weighted by molar-refractivity contribution is 5.98. The molecule has 1 fully saturated rings. The highest BCUT2D eigenvalue weighted by atomic mass is 19.1. The standard InChI is InChI=1S/C15H17FN2O4/c1-2-18-11-8-12(22-15(20)17-5-3-4-6-17)10(16)7-13(11)21-9-14(18)19/h7-8H,2-6,9H2,1H3. The molecule has 0 aromatic heterocycles. The van der Waals surface area contributed by atoms with E-state index in [1.54, 1.807) is 0 Å². The molecule has 1 aromatic rings. The Labute approximate surface area is 127 Å². The summed E-state index contributed by atoms with van der Waals surface area (Å²) in [5, 5.41) is 0. The number of amides is 2. The lowest BCUT2D eigenvalue weighted by Gasteiger charge is -2.28. The van der Waals surface area contributed by atoms with Gasteiger partial charge in [0.1, 0.15) is 5.75 Å². The number of anilines is 1. The van der Waals surface area contributed by atoms with Crippen LogP contribution in [0.15, 0.2) is 12.1 Å². The fraction of sp³-hybridized carbons (Fsp3) is 0.467. The molecule has 6 nitrogen and oxygen atoms in total. The molecule has 2 heterocycles. The Bertz CT molecular complexity index is 614. The third-order valence-electron chi connectivity index (χ3n) is 3.83. The van der Waals surface area contributed by atoms with E-state index >= 15 is 0 Å². The van der Waals surface area contributed by atoms with Gasteiger partial charge >= 0.3 is 6.09 Å². The number of rotatable bonds is 2. The number of fused-ring (bicyclic) bond motifs is 1. The smallest absolute Gasteiger partial charge is 0.415 e. The van der Waals surface area contributed by atoms with Crippen LogP contribution >= 0.6 is 0 Å². The number of carbonyl (C=O) groups is 2. The average molecular weight is 308 g/mol. The van der Waals surface area contributed by atoms with Gasteiger partial charge in [-0.05, 0) is 19.8 Å². The number of nitrogens with zero attached hydrogens (tertiary/aromatic N) is 2. The lowest BCUT2D eigenvalue weighted by atomic mass is 10.2. The maximum Gasteiger partial charge on any atom is 0.415 e. The normalized spacial score (nSPS) is 17.3. The van der Waals surface area contributed by atoms with E-state index in [2.05, 4.69) is 0 Å². The van der Waals surface area contributed by atoms with Crippen molar-refractivity contribution in [2.45, 2.75) is 19.8 Å². The lowest BCUT2D eigenvalue weighted by Crippen LogP contribution is -2.38. The maximum atomic E-state index is 14.1. The van der Waals surface area contributed by atoms with E-state index in [0.717, 1.165) is 18.9 Å². The molecule has 7 heteroatoms. The average Bonchev–Trinajstić information content (AvgIpc) is 3.03. The summed E-state index contributed by atoms with van der Waals surface area (Å²) in [6, 6.07) is 2.50. The van der Waals surface area contributed by atoms with E-state index in [-0.39, 0.29) is 24.0 Å². The van der Waals surface area contributed by atoms with Crippen molar-refractivity contribution in [2.75, 3.05) is 31.1 Å². The first-order valence-corrected chi connectivity index (χ1v) is 7.33. The SMILES string of the molecule is CCN1C(=O)COc2cc(F)c(OC(=O)N3CCCC3)cc21. The van der Waals surface area contributed by atoms with Crippen molar-refractivity contribution in [1.29, 1.82) is 0 Å². The van der Waals surface area contributed by atoms with E-state index < -0.39 is 11.9 Å². The van der Waals surface area contributed by atoms with Gasteiger partial charge in [0.05, 0.1) is 5.69 Å². The molecule has 1 aromatic carbocycles. The molecule has 118 valence electrons. The Morgan fingerprint density at radius 2 is 2.09 bits per heavy atom. The van der Waals surface area contributed by atoms with Gasteiger partial charge in [0.2, 0.25) is 0 Å². The first kappa shape index (κ1) is 14.6. The minimum Gasteiger partial charge on any atom is -0.481 e. The van der Waals surface area contributed by atoms with Gasteiger partial charge in [0, 0.05) is 31.8 Å². The van der Waals surface area contributed by atoms with Crippen molar-refractivity contribution in [3.05, 3.63) is 17.9 Å². The molecule has 0 aliphatic carbocycles. The highest BCUT2D eigenvalue weighted by Gasteiger charge is 2.28. The van der Waals surface area contributed by atoms with Crippen LogP contribution in [0.3, 0.4) is 0 Å². The summed E-state index contributed by atoms with van der Waals surface area (Å²) in [5.41, 5.74) is 0.421. The van der Waals surface area contributed by atoms with Gasteiger partial charge in [0.25, 0.3) is 5.91 Å². The molecule has 2 aliphatic rings. The molecule has 3 rings (SSSR count). The van der Waals surface area contributed by atoms with Gasteiger partial charge in [-0.3, -0.25) is 4.79 Å². The number of benzene rings is 1. The molecule has 0 spiro atoms. The summed E-state index contributed by atoms with van der Waals surface area (Å²) in [6.45, 7) is 3.36. The van der Waals surface area contributed by atoms with Crippen LogP contribution in [0.4, 0.5) is 14.9 Å². The fourth-order valence-electron chi connectivity index (χ4n) is 2.69. The first-order chi connectivity index (χ1) is 10.6. The maximum absolute atomic E-state index is 14.1. The molecule has 22 heavy (non-hydrogen) atoms. The van der Waals surface area contributed by atoms with Crippen LogP contribution in [0.1, 0.15) is 19.8 Å². The molecular formula is C15H17FN2O4. The zero-order valence-corrected chi connectivity index (χ0v) is 12.3. The minimum absolute atomic E-state index is 0.118. The van der Waals surface area contributed by atoms with Crippen LogP contribution in [0.5, 0.6) is 11.5 Å². The summed E-state index contributed by atoms with van der Waals surface area (Å²) in [5.74, 6) is -0.803. The summed E-state index contributed by atoms with van der Waals surface area (Å²) in [7, 11) is 0. The number of hydrogen-bond donors (Lipinski definition) is 0. The quantitative estimate of drug-likeness (QED) is 0.840. The van der Waals surface area contributed by atoms with Crippen molar-refractivity contribution in [2.24, 2.45) is 0 Å². The van der Waals surface area contributed by atoms with Crippen LogP contribution in [0.2, 0.25) is 0 Å². The Kier molecular flexibility index (Phi) is 3.87. The van der Waals surface area contributed by atoms with Crippen LogP contribution in [0.25, 0.3) is 0 Å². The number of likely N-dealkylation sites (tertiary alicyclic amines) is 1. The third-order valence-corrected chi connectivity index (χ3v) is 3.83.